The Morgan fingerprint density at radius 3 is 2.71 bits per heavy atom. The minimum atomic E-state index is -1.01. The molecule has 3 aliphatic rings. The Morgan fingerprint density at radius 1 is 1.26 bits per heavy atom. The highest BCUT2D eigenvalue weighted by molar-refractivity contribution is 5.93. The van der Waals surface area contributed by atoms with Gasteiger partial charge in [0.05, 0.1) is 38.2 Å². The van der Waals surface area contributed by atoms with Crippen LogP contribution in [0.15, 0.2) is 24.3 Å². The molecule has 1 aromatic carbocycles. The number of nitrogens with one attached hydrogen (secondary N) is 3. The molecule has 0 aliphatic carbocycles. The number of carbonyl (C=O) groups excluding carboxylic acids is 2. The number of fused-ring (bicyclic) bond motifs is 1. The Morgan fingerprint density at radius 2 is 2.02 bits per heavy atom. The van der Waals surface area contributed by atoms with Gasteiger partial charge in [0, 0.05) is 24.8 Å². The molecule has 13 nitrogen and oxygen atoms in total. The number of benzene rings is 1. The van der Waals surface area contributed by atoms with Gasteiger partial charge in [0.15, 0.2) is 0 Å². The van der Waals surface area contributed by atoms with E-state index in [0.717, 1.165) is 13.2 Å². The van der Waals surface area contributed by atoms with Crippen molar-refractivity contribution in [2.75, 3.05) is 66.0 Å². The molecule has 2 amide bonds. The van der Waals surface area contributed by atoms with Crippen molar-refractivity contribution in [1.29, 1.82) is 0 Å². The van der Waals surface area contributed by atoms with Gasteiger partial charge < -0.3 is 35.2 Å². The second-order valence-electron chi connectivity index (χ2n) is 12.0. The van der Waals surface area contributed by atoms with Crippen molar-refractivity contribution in [2.45, 2.75) is 70.0 Å². The van der Waals surface area contributed by atoms with Gasteiger partial charge in [0.25, 0.3) is 0 Å². The van der Waals surface area contributed by atoms with Crippen molar-refractivity contribution in [3.05, 3.63) is 29.8 Å². The van der Waals surface area contributed by atoms with Crippen molar-refractivity contribution in [1.82, 2.24) is 30.2 Å². The molecule has 13 heteroatoms. The Labute approximate surface area is 249 Å². The van der Waals surface area contributed by atoms with Gasteiger partial charge in [-0.15, -0.1) is 0 Å². The minimum absolute atomic E-state index is 0.0714. The van der Waals surface area contributed by atoms with Gasteiger partial charge in [-0.1, -0.05) is 26.8 Å². The molecule has 0 spiro atoms. The van der Waals surface area contributed by atoms with Crippen molar-refractivity contribution in [3.8, 4) is 0 Å². The third kappa shape index (κ3) is 7.22. The van der Waals surface area contributed by atoms with E-state index in [-0.39, 0.29) is 18.2 Å². The van der Waals surface area contributed by atoms with E-state index in [1.807, 2.05) is 11.9 Å². The van der Waals surface area contributed by atoms with Gasteiger partial charge >= 0.3 is 12.0 Å². The number of carbonyl (C=O) groups is 2. The van der Waals surface area contributed by atoms with E-state index >= 15 is 0 Å². The molecule has 3 heterocycles. The molecule has 7 unspecified atom stereocenters. The van der Waals surface area contributed by atoms with Crippen molar-refractivity contribution >= 4 is 17.7 Å². The fourth-order valence-corrected chi connectivity index (χ4v) is 6.66. The number of esters is 1. The van der Waals surface area contributed by atoms with Crippen LogP contribution in [0.5, 0.6) is 0 Å². The van der Waals surface area contributed by atoms with E-state index in [2.05, 4.69) is 58.5 Å². The lowest BCUT2D eigenvalue weighted by Crippen LogP contribution is -2.68. The molecule has 7 atom stereocenters. The van der Waals surface area contributed by atoms with Crippen LogP contribution in [0.4, 0.5) is 10.5 Å². The zero-order valence-corrected chi connectivity index (χ0v) is 25.7. The Balaban J connectivity index is 1.24. The Hall–Kier alpha value is -2.36. The molecule has 0 bridgehead atoms. The highest BCUT2D eigenvalue weighted by Gasteiger charge is 2.54. The molecule has 3 saturated heterocycles. The van der Waals surface area contributed by atoms with Crippen LogP contribution in [0.1, 0.15) is 37.6 Å². The lowest BCUT2D eigenvalue weighted by atomic mass is 9.91. The lowest BCUT2D eigenvalue weighted by Gasteiger charge is -2.51. The first-order chi connectivity index (χ1) is 20.0. The van der Waals surface area contributed by atoms with E-state index in [4.69, 9.17) is 9.47 Å². The molecule has 236 valence electrons. The number of hydrogen-bond acceptors (Lipinski definition) is 11. The Bertz CT molecular complexity index is 1060. The summed E-state index contributed by atoms with van der Waals surface area (Å²) in [6, 6.07) is 6.74. The molecule has 42 heavy (non-hydrogen) atoms. The zero-order chi connectivity index (χ0) is 30.6. The van der Waals surface area contributed by atoms with Gasteiger partial charge in [-0.3, -0.25) is 15.1 Å². The summed E-state index contributed by atoms with van der Waals surface area (Å²) >= 11 is 0. The van der Waals surface area contributed by atoms with Gasteiger partial charge in [0.2, 0.25) is 0 Å². The smallest absolute Gasteiger partial charge is 0.337 e. The number of methoxy groups -OCH3 is 1. The molecule has 0 saturated carbocycles. The average molecular weight is 592 g/mol. The first kappa shape index (κ1) is 32.6. The maximum absolute atomic E-state index is 12.3. The minimum Gasteiger partial charge on any atom is -0.465 e. The highest BCUT2D eigenvalue weighted by atomic mass is 16.6. The second kappa shape index (κ2) is 14.4. The van der Waals surface area contributed by atoms with Crippen molar-refractivity contribution < 1.29 is 29.3 Å². The van der Waals surface area contributed by atoms with Crippen molar-refractivity contribution in [3.63, 3.8) is 0 Å². The number of amides is 2. The predicted octanol–water partition coefficient (Wildman–Crippen LogP) is 0.170. The summed E-state index contributed by atoms with van der Waals surface area (Å²) < 4.78 is 11.1. The van der Waals surface area contributed by atoms with Crippen LogP contribution in [0, 0.1) is 5.92 Å². The van der Waals surface area contributed by atoms with E-state index in [1.165, 1.54) is 7.11 Å². The highest BCUT2D eigenvalue weighted by Crippen LogP contribution is 2.34. The molecule has 0 aromatic heterocycles. The van der Waals surface area contributed by atoms with Crippen LogP contribution in [0.25, 0.3) is 0 Å². The predicted molar refractivity (Wildman–Crippen MR) is 159 cm³/mol. The van der Waals surface area contributed by atoms with Gasteiger partial charge in [-0.05, 0) is 57.7 Å². The fourth-order valence-electron chi connectivity index (χ4n) is 6.66. The number of hydrogen-bond donors (Lipinski definition) is 5. The SMILES string of the molecule is CCN1CN(C)C(C(C)C)C2NCN(C3OC(CN(C)CCCNC(=O)Nc4cccc(C(=O)OC)c4)C(O)C3O)C21. The third-order valence-electron chi connectivity index (χ3n) is 8.61. The molecule has 1 aromatic rings. The molecule has 0 radical (unpaired) electrons. The number of rotatable bonds is 11. The molecule has 3 fully saturated rings. The van der Waals surface area contributed by atoms with Crippen LogP contribution in [-0.2, 0) is 9.47 Å². The van der Waals surface area contributed by atoms with Crippen LogP contribution in [-0.4, -0.2) is 145 Å². The average Bonchev–Trinajstić information content (AvgIpc) is 3.50. The summed E-state index contributed by atoms with van der Waals surface area (Å²) in [6.07, 6.45) is -2.40. The molecule has 4 rings (SSSR count). The topological polar surface area (TPSA) is 142 Å². The van der Waals surface area contributed by atoms with Gasteiger partial charge in [0.1, 0.15) is 24.5 Å². The number of aliphatic hydroxyl groups is 2. The van der Waals surface area contributed by atoms with Crippen molar-refractivity contribution in [2.24, 2.45) is 5.92 Å². The van der Waals surface area contributed by atoms with Gasteiger partial charge in [-0.2, -0.15) is 0 Å². The summed E-state index contributed by atoms with van der Waals surface area (Å²) in [7, 11) is 5.41. The zero-order valence-electron chi connectivity index (χ0n) is 25.7. The van der Waals surface area contributed by atoms with E-state index < -0.39 is 30.5 Å². The monoisotopic (exact) mass is 591 g/mol. The second-order valence-corrected chi connectivity index (χ2v) is 12.0. The summed E-state index contributed by atoms with van der Waals surface area (Å²) in [5.74, 6) is -0.00296. The third-order valence-corrected chi connectivity index (χ3v) is 8.61. The molecular formula is C29H49N7O6. The first-order valence-corrected chi connectivity index (χ1v) is 14.9. The summed E-state index contributed by atoms with van der Waals surface area (Å²) in [4.78, 5) is 33.0. The number of urea groups is 1. The number of ether oxygens (including phenoxy) is 2. The number of likely N-dealkylation sites (N-methyl/N-ethyl adjacent to an activating group) is 3. The Kier molecular flexibility index (Phi) is 11.2. The molecular weight excluding hydrogens is 542 g/mol. The quantitative estimate of drug-likeness (QED) is 0.178. The normalized spacial score (nSPS) is 30.6. The number of nitrogens with zero attached hydrogens (tertiary/aromatic N) is 4. The van der Waals surface area contributed by atoms with Gasteiger partial charge in [-0.25, -0.2) is 14.5 Å². The van der Waals surface area contributed by atoms with Crippen LogP contribution < -0.4 is 16.0 Å². The lowest BCUT2D eigenvalue weighted by molar-refractivity contribution is -0.144. The standard InChI is InChI=1S/C29H49N7O6/c1-7-35-17-34(5)23(18(2)3)22-26(35)36(16-31-22)27-25(38)24(37)21(42-27)15-33(4)13-9-12-30-29(40)32-20-11-8-10-19(14-20)28(39)41-6/h8,10-11,14,18,21-27,31,37-38H,7,9,12-13,15-17H2,1-6H3,(H2,30,32,40). The largest absolute Gasteiger partial charge is 0.465 e. The summed E-state index contributed by atoms with van der Waals surface area (Å²) in [5.41, 5.74) is 0.852. The van der Waals surface area contributed by atoms with Crippen LogP contribution in [0.2, 0.25) is 0 Å². The molecule has 5 N–H and O–H groups in total. The summed E-state index contributed by atoms with van der Waals surface area (Å²) in [6.45, 7) is 10.5. The maximum atomic E-state index is 12.3. The number of anilines is 1. The van der Waals surface area contributed by atoms with E-state index in [0.29, 0.717) is 55.9 Å². The maximum Gasteiger partial charge on any atom is 0.337 e. The summed E-state index contributed by atoms with van der Waals surface area (Å²) in [5, 5.41) is 31.2. The van der Waals surface area contributed by atoms with Crippen LogP contribution in [0.3, 0.4) is 0 Å². The fraction of sp³-hybridized carbons (Fsp3) is 0.724. The first-order valence-electron chi connectivity index (χ1n) is 14.9. The van der Waals surface area contributed by atoms with Crippen LogP contribution >= 0.6 is 0 Å². The van der Waals surface area contributed by atoms with E-state index in [1.54, 1.807) is 24.3 Å². The molecule has 3 aliphatic heterocycles. The number of aliphatic hydroxyl groups excluding tert-OH is 2. The van der Waals surface area contributed by atoms with E-state index in [9.17, 15) is 19.8 Å².